The van der Waals surface area contributed by atoms with Crippen molar-refractivity contribution in [3.63, 3.8) is 0 Å². The van der Waals surface area contributed by atoms with Gasteiger partial charge in [-0.25, -0.2) is 0 Å². The highest BCUT2D eigenvalue weighted by Gasteiger charge is 2.29. The molecule has 180 valence electrons. The van der Waals surface area contributed by atoms with Gasteiger partial charge in [0.1, 0.15) is 17.2 Å². The van der Waals surface area contributed by atoms with Crippen LogP contribution in [0.3, 0.4) is 0 Å². The molecule has 8 heteroatoms. The molecule has 1 amide bonds. The van der Waals surface area contributed by atoms with Gasteiger partial charge < -0.3 is 19.9 Å². The Balaban J connectivity index is 1.33. The fourth-order valence-corrected chi connectivity index (χ4v) is 4.13. The highest BCUT2D eigenvalue weighted by Crippen LogP contribution is 2.41. The van der Waals surface area contributed by atoms with E-state index in [2.05, 4.69) is 5.32 Å². The van der Waals surface area contributed by atoms with Crippen molar-refractivity contribution in [1.82, 2.24) is 5.32 Å². The molecule has 3 aromatic rings. The van der Waals surface area contributed by atoms with E-state index in [0.717, 1.165) is 5.56 Å². The first-order valence-electron chi connectivity index (χ1n) is 11.1. The van der Waals surface area contributed by atoms with Gasteiger partial charge >= 0.3 is 5.97 Å². The van der Waals surface area contributed by atoms with E-state index in [0.29, 0.717) is 59.4 Å². The van der Waals surface area contributed by atoms with E-state index in [1.165, 1.54) is 0 Å². The Morgan fingerprint density at radius 2 is 1.86 bits per heavy atom. The van der Waals surface area contributed by atoms with Crippen molar-refractivity contribution in [2.75, 3.05) is 13.2 Å². The van der Waals surface area contributed by atoms with E-state index in [1.807, 2.05) is 36.4 Å². The molecule has 2 N–H and O–H groups in total. The summed E-state index contributed by atoms with van der Waals surface area (Å²) in [5.74, 6) is -0.486. The molecule has 0 radical (unpaired) electrons. The summed E-state index contributed by atoms with van der Waals surface area (Å²) >= 11 is 12.5. The summed E-state index contributed by atoms with van der Waals surface area (Å²) in [6.07, 6.45) is 4.95. The lowest BCUT2D eigenvalue weighted by molar-refractivity contribution is -0.139. The molecule has 0 saturated carbocycles. The Morgan fingerprint density at radius 3 is 2.60 bits per heavy atom. The molecule has 0 fully saturated rings. The van der Waals surface area contributed by atoms with Crippen molar-refractivity contribution in [3.8, 4) is 17.2 Å². The summed E-state index contributed by atoms with van der Waals surface area (Å²) < 4.78 is 11.5. The van der Waals surface area contributed by atoms with Crippen molar-refractivity contribution >= 4 is 41.2 Å². The van der Waals surface area contributed by atoms with Crippen LogP contribution in [0.2, 0.25) is 10.0 Å². The third-order valence-electron chi connectivity index (χ3n) is 5.55. The number of benzene rings is 3. The lowest BCUT2D eigenvalue weighted by atomic mass is 9.93. The van der Waals surface area contributed by atoms with Crippen LogP contribution in [-0.2, 0) is 4.79 Å². The van der Waals surface area contributed by atoms with Crippen LogP contribution in [0.5, 0.6) is 17.2 Å². The summed E-state index contributed by atoms with van der Waals surface area (Å²) in [4.78, 5) is 23.9. The summed E-state index contributed by atoms with van der Waals surface area (Å²) in [5, 5.41) is 13.3. The van der Waals surface area contributed by atoms with Crippen molar-refractivity contribution in [2.45, 2.75) is 18.8 Å². The molecular formula is C27H23Cl2NO5. The van der Waals surface area contributed by atoms with Crippen LogP contribution in [-0.4, -0.2) is 30.1 Å². The minimum atomic E-state index is -0.912. The van der Waals surface area contributed by atoms with E-state index in [-0.39, 0.29) is 10.9 Å². The maximum atomic E-state index is 12.4. The maximum absolute atomic E-state index is 12.4. The molecular weight excluding hydrogens is 489 g/mol. The first kappa shape index (κ1) is 24.6. The normalized spacial score (nSPS) is 14.7. The molecule has 0 saturated heterocycles. The molecule has 1 aliphatic rings. The molecule has 0 bridgehead atoms. The molecule has 0 spiro atoms. The zero-order valence-corrected chi connectivity index (χ0v) is 20.2. The minimum absolute atomic E-state index is 0.192. The molecule has 1 unspecified atom stereocenters. The molecule has 1 atom stereocenters. The summed E-state index contributed by atoms with van der Waals surface area (Å²) in [6, 6.07) is 17.4. The van der Waals surface area contributed by atoms with Gasteiger partial charge in [-0.15, -0.1) is 0 Å². The van der Waals surface area contributed by atoms with Crippen LogP contribution in [0.15, 0.2) is 66.7 Å². The molecule has 1 aliphatic heterocycles. The van der Waals surface area contributed by atoms with E-state index in [9.17, 15) is 14.7 Å². The van der Waals surface area contributed by atoms with E-state index in [4.69, 9.17) is 32.7 Å². The van der Waals surface area contributed by atoms with Gasteiger partial charge in [0.2, 0.25) is 0 Å². The molecule has 3 aromatic carbocycles. The molecule has 35 heavy (non-hydrogen) atoms. The Bertz CT molecular complexity index is 1260. The number of amides is 1. The standard InChI is InChI=1S/C27H23Cl2NO5/c28-22-7-2-1-5-17(22)6-3-4-13-30-26(31)18-8-10-19(11-9-18)35-25-16-24-21(15-23(25)29)20(27(32)33)12-14-34-24/h1-3,5-11,15-16,20H,4,12-14H2,(H,30,31)(H,32,33)/b6-3-. The third kappa shape index (κ3) is 6.15. The molecule has 4 rings (SSSR count). The van der Waals surface area contributed by atoms with Crippen molar-refractivity contribution in [1.29, 1.82) is 0 Å². The van der Waals surface area contributed by atoms with Crippen molar-refractivity contribution < 1.29 is 24.2 Å². The van der Waals surface area contributed by atoms with Crippen LogP contribution >= 0.6 is 23.2 Å². The lowest BCUT2D eigenvalue weighted by Gasteiger charge is -2.24. The first-order valence-corrected chi connectivity index (χ1v) is 11.8. The van der Waals surface area contributed by atoms with Gasteiger partial charge in [0.15, 0.2) is 0 Å². The molecule has 0 aliphatic carbocycles. The smallest absolute Gasteiger partial charge is 0.311 e. The number of carbonyl (C=O) groups is 2. The highest BCUT2D eigenvalue weighted by molar-refractivity contribution is 6.32. The van der Waals surface area contributed by atoms with E-state index < -0.39 is 11.9 Å². The lowest BCUT2D eigenvalue weighted by Crippen LogP contribution is -2.23. The number of halogens is 2. The summed E-state index contributed by atoms with van der Waals surface area (Å²) in [7, 11) is 0. The Kier molecular flexibility index (Phi) is 7.95. The second kappa shape index (κ2) is 11.3. The van der Waals surface area contributed by atoms with Crippen molar-refractivity contribution in [3.05, 3.63) is 93.5 Å². The third-order valence-corrected chi connectivity index (χ3v) is 6.19. The first-order chi connectivity index (χ1) is 16.9. The number of aliphatic carboxylic acids is 1. The van der Waals surface area contributed by atoms with Crippen LogP contribution < -0.4 is 14.8 Å². The molecule has 6 nitrogen and oxygen atoms in total. The highest BCUT2D eigenvalue weighted by atomic mass is 35.5. The predicted octanol–water partition coefficient (Wildman–Crippen LogP) is 6.57. The molecule has 1 heterocycles. The van der Waals surface area contributed by atoms with Crippen molar-refractivity contribution in [2.24, 2.45) is 0 Å². The SMILES string of the molecule is O=C(NCC/C=C\c1ccccc1Cl)c1ccc(Oc2cc3c(cc2Cl)C(C(=O)O)CCO3)cc1. The van der Waals surface area contributed by atoms with Crippen LogP contribution in [0.25, 0.3) is 6.08 Å². The number of fused-ring (bicyclic) bond motifs is 1. The van der Waals surface area contributed by atoms with Crippen LogP contribution in [0.4, 0.5) is 0 Å². The van der Waals surface area contributed by atoms with Gasteiger partial charge in [-0.2, -0.15) is 0 Å². The van der Waals surface area contributed by atoms with Gasteiger partial charge in [0.25, 0.3) is 5.91 Å². The van der Waals surface area contributed by atoms with Gasteiger partial charge in [0, 0.05) is 28.8 Å². The van der Waals surface area contributed by atoms with Gasteiger partial charge in [-0.05, 0) is 54.8 Å². The Morgan fingerprint density at radius 1 is 1.09 bits per heavy atom. The number of nitrogens with one attached hydrogen (secondary N) is 1. The van der Waals surface area contributed by atoms with Gasteiger partial charge in [0.05, 0.1) is 17.5 Å². The second-order valence-electron chi connectivity index (χ2n) is 7.94. The summed E-state index contributed by atoms with van der Waals surface area (Å²) in [6.45, 7) is 0.796. The Labute approximate surface area is 213 Å². The summed E-state index contributed by atoms with van der Waals surface area (Å²) in [5.41, 5.74) is 1.97. The van der Waals surface area contributed by atoms with E-state index in [1.54, 1.807) is 36.4 Å². The topological polar surface area (TPSA) is 84.9 Å². The second-order valence-corrected chi connectivity index (χ2v) is 8.76. The quantitative estimate of drug-likeness (QED) is 0.334. The van der Waals surface area contributed by atoms with Crippen LogP contribution in [0.1, 0.15) is 40.2 Å². The Hall–Kier alpha value is -3.48. The fourth-order valence-electron chi connectivity index (χ4n) is 3.72. The fraction of sp³-hybridized carbons (Fsp3) is 0.185. The number of hydrogen-bond acceptors (Lipinski definition) is 4. The monoisotopic (exact) mass is 511 g/mol. The number of carboxylic acid groups (broad SMARTS) is 1. The van der Waals surface area contributed by atoms with Gasteiger partial charge in [-0.1, -0.05) is 53.6 Å². The molecule has 0 aromatic heterocycles. The maximum Gasteiger partial charge on any atom is 0.311 e. The largest absolute Gasteiger partial charge is 0.493 e. The van der Waals surface area contributed by atoms with Crippen LogP contribution in [0, 0.1) is 0 Å². The number of carboxylic acids is 1. The number of rotatable bonds is 8. The van der Waals surface area contributed by atoms with Gasteiger partial charge in [-0.3, -0.25) is 9.59 Å². The number of hydrogen-bond donors (Lipinski definition) is 2. The number of carbonyl (C=O) groups excluding carboxylic acids is 1. The number of ether oxygens (including phenoxy) is 2. The average molecular weight is 512 g/mol. The van der Waals surface area contributed by atoms with E-state index >= 15 is 0 Å². The minimum Gasteiger partial charge on any atom is -0.493 e. The average Bonchev–Trinajstić information content (AvgIpc) is 2.85. The zero-order valence-electron chi connectivity index (χ0n) is 18.7. The zero-order chi connectivity index (χ0) is 24.8. The predicted molar refractivity (Wildman–Crippen MR) is 136 cm³/mol.